The summed E-state index contributed by atoms with van der Waals surface area (Å²) in [6, 6.07) is 5.63. The van der Waals surface area contributed by atoms with Gasteiger partial charge in [0.15, 0.2) is 5.65 Å². The number of nitrogens with two attached hydrogens (primary N) is 1. The Morgan fingerprint density at radius 1 is 1.14 bits per heavy atom. The molecule has 0 aliphatic heterocycles. The predicted octanol–water partition coefficient (Wildman–Crippen LogP) is 3.89. The minimum atomic E-state index is -0.106. The van der Waals surface area contributed by atoms with Crippen molar-refractivity contribution in [3.63, 3.8) is 0 Å². The molecule has 3 heterocycles. The second-order valence-corrected chi connectivity index (χ2v) is 7.08. The molecule has 0 aliphatic rings. The molecule has 1 aromatic carbocycles. The van der Waals surface area contributed by atoms with Crippen molar-refractivity contribution in [3.05, 3.63) is 46.9 Å². The van der Waals surface area contributed by atoms with Crippen molar-refractivity contribution in [1.82, 2.24) is 19.5 Å². The van der Waals surface area contributed by atoms with Gasteiger partial charge >= 0.3 is 0 Å². The van der Waals surface area contributed by atoms with E-state index in [4.69, 9.17) is 15.5 Å². The van der Waals surface area contributed by atoms with E-state index < -0.39 is 0 Å². The number of fused-ring (bicyclic) bond motifs is 3. The molecule has 0 saturated carbocycles. The zero-order chi connectivity index (χ0) is 20.2. The van der Waals surface area contributed by atoms with Crippen LogP contribution < -0.4 is 5.73 Å². The molecular formula is C21H23N5O2. The van der Waals surface area contributed by atoms with Gasteiger partial charge in [-0.3, -0.25) is 4.57 Å². The van der Waals surface area contributed by atoms with Crippen molar-refractivity contribution in [2.75, 3.05) is 12.8 Å². The number of aromatic hydroxyl groups is 1. The SMILES string of the molecule is CO[C@H](C)c1cc2c3c(N)ncnc3n(-c3c(C)ccc(O)c3C)c2nc1C. The molecule has 1 atom stereocenters. The molecule has 0 unspecified atom stereocenters. The number of phenolic OH excluding ortho intramolecular Hbond substituents is 1. The Balaban J connectivity index is 2.23. The van der Waals surface area contributed by atoms with Crippen LogP contribution >= 0.6 is 0 Å². The van der Waals surface area contributed by atoms with Crippen molar-refractivity contribution in [2.24, 2.45) is 0 Å². The molecule has 7 heteroatoms. The van der Waals surface area contributed by atoms with Crippen LogP contribution in [0.15, 0.2) is 24.5 Å². The van der Waals surface area contributed by atoms with Gasteiger partial charge in [0.2, 0.25) is 0 Å². The fraction of sp³-hybridized carbons (Fsp3) is 0.286. The molecule has 0 bridgehead atoms. The second-order valence-electron chi connectivity index (χ2n) is 7.08. The molecular weight excluding hydrogens is 354 g/mol. The van der Waals surface area contributed by atoms with Crippen molar-refractivity contribution >= 4 is 27.9 Å². The van der Waals surface area contributed by atoms with E-state index in [1.54, 1.807) is 13.2 Å². The van der Waals surface area contributed by atoms with E-state index >= 15 is 0 Å². The third kappa shape index (κ3) is 2.51. The fourth-order valence-corrected chi connectivity index (χ4v) is 3.80. The zero-order valence-corrected chi connectivity index (χ0v) is 16.6. The normalized spacial score (nSPS) is 12.8. The van der Waals surface area contributed by atoms with Gasteiger partial charge in [-0.25, -0.2) is 15.0 Å². The predicted molar refractivity (Wildman–Crippen MR) is 110 cm³/mol. The Morgan fingerprint density at radius 3 is 2.61 bits per heavy atom. The minimum Gasteiger partial charge on any atom is -0.508 e. The van der Waals surface area contributed by atoms with Crippen LogP contribution in [-0.4, -0.2) is 31.7 Å². The first kappa shape index (κ1) is 18.2. The van der Waals surface area contributed by atoms with Crippen LogP contribution in [0.1, 0.15) is 35.4 Å². The van der Waals surface area contributed by atoms with Crippen molar-refractivity contribution in [3.8, 4) is 11.4 Å². The monoisotopic (exact) mass is 377 g/mol. The summed E-state index contributed by atoms with van der Waals surface area (Å²) in [7, 11) is 1.68. The van der Waals surface area contributed by atoms with E-state index in [1.807, 2.05) is 38.3 Å². The number of aromatic nitrogens is 4. The number of pyridine rings is 1. The molecule has 0 fully saturated rings. The van der Waals surface area contributed by atoms with Gasteiger partial charge < -0.3 is 15.6 Å². The number of phenols is 1. The van der Waals surface area contributed by atoms with Gasteiger partial charge in [-0.05, 0) is 45.4 Å². The van der Waals surface area contributed by atoms with E-state index in [9.17, 15) is 5.11 Å². The van der Waals surface area contributed by atoms with Crippen LogP contribution in [0.2, 0.25) is 0 Å². The van der Waals surface area contributed by atoms with Gasteiger partial charge in [0.05, 0.1) is 17.2 Å². The lowest BCUT2D eigenvalue weighted by Crippen LogP contribution is -2.05. The number of nitrogens with zero attached hydrogens (tertiary/aromatic N) is 4. The first-order chi connectivity index (χ1) is 13.3. The molecule has 0 saturated heterocycles. The summed E-state index contributed by atoms with van der Waals surface area (Å²) in [5, 5.41) is 11.9. The highest BCUT2D eigenvalue weighted by molar-refractivity contribution is 6.11. The van der Waals surface area contributed by atoms with Gasteiger partial charge in [0.25, 0.3) is 0 Å². The fourth-order valence-electron chi connectivity index (χ4n) is 3.80. The molecule has 0 radical (unpaired) electrons. The second kappa shape index (κ2) is 6.45. The average Bonchev–Trinajstić information content (AvgIpc) is 2.98. The standard InChI is InChI=1S/C21H23N5O2/c1-10-6-7-16(27)11(2)18(10)26-20-15(17-19(22)23-9-24-21(17)26)8-14(12(3)25-20)13(4)28-5/h6-9,13,27H,1-5H3,(H2,22,23,24)/t13-/m1/s1. The summed E-state index contributed by atoms with van der Waals surface area (Å²) in [6.45, 7) is 7.83. The van der Waals surface area contributed by atoms with Crippen molar-refractivity contribution in [1.29, 1.82) is 0 Å². The van der Waals surface area contributed by atoms with Gasteiger partial charge in [-0.2, -0.15) is 0 Å². The van der Waals surface area contributed by atoms with Crippen LogP contribution in [0, 0.1) is 20.8 Å². The average molecular weight is 377 g/mol. The number of hydrogen-bond acceptors (Lipinski definition) is 6. The van der Waals surface area contributed by atoms with E-state index in [0.717, 1.165) is 44.5 Å². The number of aryl methyl sites for hydroxylation is 2. The van der Waals surface area contributed by atoms with Crippen LogP contribution in [0.5, 0.6) is 5.75 Å². The molecule has 144 valence electrons. The lowest BCUT2D eigenvalue weighted by Gasteiger charge is -2.16. The maximum absolute atomic E-state index is 10.3. The maximum Gasteiger partial charge on any atom is 0.152 e. The number of methoxy groups -OCH3 is 1. The Kier molecular flexibility index (Phi) is 4.19. The smallest absolute Gasteiger partial charge is 0.152 e. The summed E-state index contributed by atoms with van der Waals surface area (Å²) >= 11 is 0. The first-order valence-electron chi connectivity index (χ1n) is 9.09. The Morgan fingerprint density at radius 2 is 1.89 bits per heavy atom. The Labute approximate surface area is 162 Å². The highest BCUT2D eigenvalue weighted by Crippen LogP contribution is 2.37. The molecule has 4 rings (SSSR count). The van der Waals surface area contributed by atoms with E-state index in [1.165, 1.54) is 6.33 Å². The number of rotatable bonds is 3. The molecule has 0 aliphatic carbocycles. The maximum atomic E-state index is 10.3. The van der Waals surface area contributed by atoms with Crippen LogP contribution in [-0.2, 0) is 4.74 Å². The summed E-state index contributed by atoms with van der Waals surface area (Å²) in [5.41, 5.74) is 12.1. The number of anilines is 1. The molecule has 7 nitrogen and oxygen atoms in total. The topological polar surface area (TPSA) is 99.1 Å². The van der Waals surface area contributed by atoms with Gasteiger partial charge in [0, 0.05) is 29.3 Å². The zero-order valence-electron chi connectivity index (χ0n) is 16.6. The van der Waals surface area contributed by atoms with Crippen molar-refractivity contribution in [2.45, 2.75) is 33.8 Å². The number of ether oxygens (including phenoxy) is 1. The third-order valence-corrected chi connectivity index (χ3v) is 5.40. The van der Waals surface area contributed by atoms with Crippen LogP contribution in [0.3, 0.4) is 0 Å². The van der Waals surface area contributed by atoms with Gasteiger partial charge in [-0.1, -0.05) is 6.07 Å². The molecule has 0 spiro atoms. The first-order valence-corrected chi connectivity index (χ1v) is 9.09. The van der Waals surface area contributed by atoms with Crippen molar-refractivity contribution < 1.29 is 9.84 Å². The van der Waals surface area contributed by atoms with E-state index in [0.29, 0.717) is 11.5 Å². The number of hydrogen-bond donors (Lipinski definition) is 2. The Hall–Kier alpha value is -3.19. The number of benzene rings is 1. The minimum absolute atomic E-state index is 0.106. The highest BCUT2D eigenvalue weighted by Gasteiger charge is 2.22. The highest BCUT2D eigenvalue weighted by atomic mass is 16.5. The summed E-state index contributed by atoms with van der Waals surface area (Å²) < 4.78 is 7.47. The van der Waals surface area contributed by atoms with Crippen LogP contribution in [0.4, 0.5) is 5.82 Å². The Bertz CT molecular complexity index is 1230. The molecule has 28 heavy (non-hydrogen) atoms. The largest absolute Gasteiger partial charge is 0.508 e. The lowest BCUT2D eigenvalue weighted by atomic mass is 10.1. The molecule has 0 amide bonds. The van der Waals surface area contributed by atoms with Gasteiger partial charge in [-0.15, -0.1) is 0 Å². The quantitative estimate of drug-likeness (QED) is 0.562. The van der Waals surface area contributed by atoms with E-state index in [-0.39, 0.29) is 11.9 Å². The summed E-state index contributed by atoms with van der Waals surface area (Å²) in [6.07, 6.45) is 1.34. The molecule has 4 aromatic rings. The van der Waals surface area contributed by atoms with Gasteiger partial charge in [0.1, 0.15) is 23.5 Å². The summed E-state index contributed by atoms with van der Waals surface area (Å²) in [5.74, 6) is 0.616. The molecule has 3 N–H and O–H groups in total. The van der Waals surface area contributed by atoms with Crippen LogP contribution in [0.25, 0.3) is 27.8 Å². The number of nitrogen functional groups attached to an aromatic ring is 1. The van der Waals surface area contributed by atoms with E-state index in [2.05, 4.69) is 16.0 Å². The third-order valence-electron chi connectivity index (χ3n) is 5.40. The molecule has 3 aromatic heterocycles. The summed E-state index contributed by atoms with van der Waals surface area (Å²) in [4.78, 5) is 13.6. The lowest BCUT2D eigenvalue weighted by molar-refractivity contribution is 0.119.